The van der Waals surface area contributed by atoms with Crippen LogP contribution in [0.5, 0.6) is 0 Å². The molecular formula is C13H27N2O2P. The Morgan fingerprint density at radius 2 is 1.94 bits per heavy atom. The van der Waals surface area contributed by atoms with E-state index < -0.39 is 0 Å². The van der Waals surface area contributed by atoms with Crippen molar-refractivity contribution in [2.45, 2.75) is 45.0 Å². The van der Waals surface area contributed by atoms with Crippen molar-refractivity contribution in [3.05, 3.63) is 0 Å². The van der Waals surface area contributed by atoms with E-state index in [-0.39, 0.29) is 23.7 Å². The molecule has 0 radical (unpaired) electrons. The van der Waals surface area contributed by atoms with Crippen molar-refractivity contribution in [3.8, 4) is 0 Å². The Morgan fingerprint density at radius 1 is 1.33 bits per heavy atom. The van der Waals surface area contributed by atoms with Crippen LogP contribution in [0.15, 0.2) is 0 Å². The van der Waals surface area contributed by atoms with Crippen molar-refractivity contribution in [1.82, 2.24) is 9.57 Å². The lowest BCUT2D eigenvalue weighted by molar-refractivity contribution is -0.0635. The number of nitrogens with zero attached hydrogens (tertiary/aromatic N) is 2. The van der Waals surface area contributed by atoms with Crippen LogP contribution in [-0.2, 0) is 4.74 Å². The zero-order valence-corrected chi connectivity index (χ0v) is 13.0. The smallest absolute Gasteiger partial charge is 0.0971 e. The zero-order valence-electron chi connectivity index (χ0n) is 11.8. The number of hydrogen-bond donors (Lipinski definition) is 1. The van der Waals surface area contributed by atoms with Gasteiger partial charge in [-0.2, -0.15) is 0 Å². The Hall–Kier alpha value is 0.270. The molecule has 0 aliphatic carbocycles. The Labute approximate surface area is 113 Å². The average molecular weight is 274 g/mol. The second kappa shape index (κ2) is 5.72. The maximum atomic E-state index is 10.3. The molecule has 2 heterocycles. The molecule has 0 spiro atoms. The SMILES string of the molecule is CCC1(C)OC(CN2CCN(P)CC2)C(O)C1C. The third-order valence-electron chi connectivity index (χ3n) is 4.82. The number of ether oxygens (including phenoxy) is 1. The average Bonchev–Trinajstić information content (AvgIpc) is 2.58. The Morgan fingerprint density at radius 3 is 2.44 bits per heavy atom. The predicted molar refractivity (Wildman–Crippen MR) is 76.5 cm³/mol. The van der Waals surface area contributed by atoms with Crippen molar-refractivity contribution in [3.63, 3.8) is 0 Å². The minimum Gasteiger partial charge on any atom is -0.390 e. The lowest BCUT2D eigenvalue weighted by Crippen LogP contribution is -2.47. The lowest BCUT2D eigenvalue weighted by atomic mass is 9.86. The highest BCUT2D eigenvalue weighted by atomic mass is 31.0. The first kappa shape index (κ1) is 14.7. The van der Waals surface area contributed by atoms with Crippen molar-refractivity contribution < 1.29 is 9.84 Å². The summed E-state index contributed by atoms with van der Waals surface area (Å²) in [7, 11) is 2.76. The molecular weight excluding hydrogens is 247 g/mol. The molecule has 2 rings (SSSR count). The van der Waals surface area contributed by atoms with Gasteiger partial charge >= 0.3 is 0 Å². The van der Waals surface area contributed by atoms with Gasteiger partial charge in [-0.25, -0.2) is 0 Å². The van der Waals surface area contributed by atoms with Crippen LogP contribution in [-0.4, -0.2) is 65.2 Å². The number of aliphatic hydroxyl groups is 1. The summed E-state index contributed by atoms with van der Waals surface area (Å²) in [5.74, 6) is 0.218. The largest absolute Gasteiger partial charge is 0.390 e. The summed E-state index contributed by atoms with van der Waals surface area (Å²) in [4.78, 5) is 2.41. The van der Waals surface area contributed by atoms with E-state index in [0.717, 1.165) is 39.1 Å². The van der Waals surface area contributed by atoms with E-state index in [0.29, 0.717) is 0 Å². The van der Waals surface area contributed by atoms with Crippen LogP contribution >= 0.6 is 9.39 Å². The van der Waals surface area contributed by atoms with E-state index in [1.165, 1.54) is 0 Å². The molecule has 106 valence electrons. The van der Waals surface area contributed by atoms with Gasteiger partial charge in [0.1, 0.15) is 0 Å². The van der Waals surface area contributed by atoms with Gasteiger partial charge in [0.25, 0.3) is 0 Å². The van der Waals surface area contributed by atoms with Crippen LogP contribution in [0.1, 0.15) is 27.2 Å². The third kappa shape index (κ3) is 2.88. The van der Waals surface area contributed by atoms with Crippen molar-refractivity contribution >= 4 is 9.39 Å². The van der Waals surface area contributed by atoms with Crippen molar-refractivity contribution in [2.24, 2.45) is 5.92 Å². The van der Waals surface area contributed by atoms with Crippen LogP contribution in [0, 0.1) is 5.92 Å². The molecule has 0 aromatic heterocycles. The molecule has 2 aliphatic rings. The van der Waals surface area contributed by atoms with Gasteiger partial charge in [-0.05, 0) is 13.3 Å². The maximum absolute atomic E-state index is 10.3. The summed E-state index contributed by atoms with van der Waals surface area (Å²) >= 11 is 0. The molecule has 5 heteroatoms. The minimum atomic E-state index is -0.330. The molecule has 0 aromatic carbocycles. The summed E-state index contributed by atoms with van der Waals surface area (Å²) in [6.07, 6.45) is 0.603. The Bertz CT molecular complexity index is 284. The van der Waals surface area contributed by atoms with E-state index in [1.807, 2.05) is 0 Å². The summed E-state index contributed by atoms with van der Waals surface area (Å²) in [6.45, 7) is 11.5. The first-order valence-electron chi connectivity index (χ1n) is 7.04. The number of piperazine rings is 1. The highest BCUT2D eigenvalue weighted by Crippen LogP contribution is 2.38. The maximum Gasteiger partial charge on any atom is 0.0971 e. The molecule has 2 aliphatic heterocycles. The van der Waals surface area contributed by atoms with Gasteiger partial charge in [-0.1, -0.05) is 23.2 Å². The van der Waals surface area contributed by atoms with Crippen LogP contribution < -0.4 is 0 Å². The molecule has 0 aromatic rings. The van der Waals surface area contributed by atoms with Crippen LogP contribution in [0.4, 0.5) is 0 Å². The first-order valence-corrected chi connectivity index (χ1v) is 7.56. The van der Waals surface area contributed by atoms with E-state index in [9.17, 15) is 5.11 Å². The fraction of sp³-hybridized carbons (Fsp3) is 1.00. The van der Waals surface area contributed by atoms with E-state index in [1.54, 1.807) is 0 Å². The van der Waals surface area contributed by atoms with Crippen molar-refractivity contribution in [2.75, 3.05) is 32.7 Å². The first-order chi connectivity index (χ1) is 8.46. The number of hydrogen-bond acceptors (Lipinski definition) is 4. The highest BCUT2D eigenvalue weighted by molar-refractivity contribution is 7.13. The van der Waals surface area contributed by atoms with Gasteiger partial charge < -0.3 is 9.84 Å². The minimum absolute atomic E-state index is 0.0268. The van der Waals surface area contributed by atoms with Crippen LogP contribution in [0.25, 0.3) is 0 Å². The molecule has 1 N–H and O–H groups in total. The van der Waals surface area contributed by atoms with Gasteiger partial charge in [0.05, 0.1) is 17.8 Å². The van der Waals surface area contributed by atoms with Crippen molar-refractivity contribution in [1.29, 1.82) is 0 Å². The zero-order chi connectivity index (χ0) is 13.3. The molecule has 2 saturated heterocycles. The van der Waals surface area contributed by atoms with Crippen LogP contribution in [0.3, 0.4) is 0 Å². The standard InChI is InChI=1S/C13H27N2O2P/c1-4-13(3)10(2)12(16)11(17-13)9-14-5-7-15(18)8-6-14/h10-12,16H,4-9,18H2,1-3H3. The summed E-state index contributed by atoms with van der Waals surface area (Å²) in [5, 5.41) is 10.3. The monoisotopic (exact) mass is 274 g/mol. The predicted octanol–water partition coefficient (Wildman–Crippen LogP) is 0.959. The molecule has 2 fully saturated rings. The normalized spacial score (nSPS) is 43.5. The second-order valence-electron chi connectivity index (χ2n) is 5.94. The molecule has 5 unspecified atom stereocenters. The highest BCUT2D eigenvalue weighted by Gasteiger charge is 2.48. The molecule has 4 nitrogen and oxygen atoms in total. The fourth-order valence-corrected chi connectivity index (χ4v) is 3.19. The van der Waals surface area contributed by atoms with Gasteiger partial charge in [-0.3, -0.25) is 9.57 Å². The van der Waals surface area contributed by atoms with Gasteiger partial charge in [0, 0.05) is 38.6 Å². The van der Waals surface area contributed by atoms with E-state index in [4.69, 9.17) is 4.74 Å². The molecule has 0 amide bonds. The Kier molecular flexibility index (Phi) is 4.66. The quantitative estimate of drug-likeness (QED) is 0.778. The summed E-state index contributed by atoms with van der Waals surface area (Å²) < 4.78 is 8.41. The second-order valence-corrected chi connectivity index (χ2v) is 6.67. The molecule has 18 heavy (non-hydrogen) atoms. The third-order valence-corrected chi connectivity index (χ3v) is 5.34. The van der Waals surface area contributed by atoms with Gasteiger partial charge in [0.2, 0.25) is 0 Å². The van der Waals surface area contributed by atoms with Gasteiger partial charge in [0.15, 0.2) is 0 Å². The summed E-state index contributed by atoms with van der Waals surface area (Å²) in [6, 6.07) is 0. The molecule has 5 atom stereocenters. The lowest BCUT2D eigenvalue weighted by Gasteiger charge is -2.34. The van der Waals surface area contributed by atoms with Crippen LogP contribution in [0.2, 0.25) is 0 Å². The van der Waals surface area contributed by atoms with E-state index >= 15 is 0 Å². The summed E-state index contributed by atoms with van der Waals surface area (Å²) in [5.41, 5.74) is -0.160. The van der Waals surface area contributed by atoms with Gasteiger partial charge in [-0.15, -0.1) is 0 Å². The Balaban J connectivity index is 1.90. The fourth-order valence-electron chi connectivity index (χ4n) is 2.96. The molecule has 0 bridgehead atoms. The van der Waals surface area contributed by atoms with E-state index in [2.05, 4.69) is 39.7 Å². The molecule has 0 saturated carbocycles. The number of rotatable bonds is 3. The number of aliphatic hydroxyl groups excluding tert-OH is 1. The topological polar surface area (TPSA) is 35.9 Å².